The van der Waals surface area contributed by atoms with Crippen molar-refractivity contribution in [3.8, 4) is 0 Å². The molecule has 0 radical (unpaired) electrons. The third-order valence-electron chi connectivity index (χ3n) is 5.77. The fraction of sp³-hybridized carbons (Fsp3) is 0.545. The smallest absolute Gasteiger partial charge is 0.191 e. The van der Waals surface area contributed by atoms with Crippen LogP contribution in [0.5, 0.6) is 0 Å². The standard InChI is InChI=1S/C22H30FN5S/c1-2-24-20(26-16-22(10-11-22)18-7-3-4-8-19(18)23)25-12-9-17-15-29-21(27-17)28-13-5-6-14-28/h3-4,7-8,15H,2,5-6,9-14,16H2,1H3,(H2,24,25,26). The van der Waals surface area contributed by atoms with Crippen molar-refractivity contribution in [2.45, 2.75) is 44.4 Å². The third-order valence-corrected chi connectivity index (χ3v) is 6.72. The summed E-state index contributed by atoms with van der Waals surface area (Å²) in [4.78, 5) is 11.9. The molecule has 1 aliphatic carbocycles. The maximum Gasteiger partial charge on any atom is 0.191 e. The van der Waals surface area contributed by atoms with E-state index in [0.717, 1.165) is 67.8 Å². The highest BCUT2D eigenvalue weighted by Crippen LogP contribution is 2.49. The number of nitrogens with zero attached hydrogens (tertiary/aromatic N) is 3. The molecule has 1 aliphatic heterocycles. The van der Waals surface area contributed by atoms with Crippen LogP contribution in [0, 0.1) is 5.82 Å². The van der Waals surface area contributed by atoms with Crippen LogP contribution in [-0.4, -0.2) is 43.7 Å². The van der Waals surface area contributed by atoms with Crippen LogP contribution in [-0.2, 0) is 11.8 Å². The number of aliphatic imine (C=N–C) groups is 1. The normalized spacial score (nSPS) is 18.1. The van der Waals surface area contributed by atoms with Crippen LogP contribution in [0.3, 0.4) is 0 Å². The second-order valence-corrected chi connectivity index (χ2v) is 8.78. The lowest BCUT2D eigenvalue weighted by Crippen LogP contribution is -2.39. The van der Waals surface area contributed by atoms with E-state index in [0.29, 0.717) is 6.54 Å². The molecule has 7 heteroatoms. The van der Waals surface area contributed by atoms with E-state index >= 15 is 0 Å². The van der Waals surface area contributed by atoms with E-state index in [2.05, 4.69) is 27.8 Å². The summed E-state index contributed by atoms with van der Waals surface area (Å²) in [5.74, 6) is 0.681. The van der Waals surface area contributed by atoms with Gasteiger partial charge in [0.05, 0.1) is 12.2 Å². The van der Waals surface area contributed by atoms with Crippen LogP contribution in [0.15, 0.2) is 34.6 Å². The monoisotopic (exact) mass is 415 g/mol. The lowest BCUT2D eigenvalue weighted by molar-refractivity contribution is 0.572. The fourth-order valence-corrected chi connectivity index (χ4v) is 4.81. The Morgan fingerprint density at radius 2 is 2.03 bits per heavy atom. The third kappa shape index (κ3) is 4.89. The van der Waals surface area contributed by atoms with Gasteiger partial charge in [0.2, 0.25) is 0 Å². The Hall–Kier alpha value is -2.15. The molecule has 0 amide bonds. The highest BCUT2D eigenvalue weighted by atomic mass is 32.1. The number of rotatable bonds is 8. The summed E-state index contributed by atoms with van der Waals surface area (Å²) >= 11 is 1.74. The van der Waals surface area contributed by atoms with Crippen molar-refractivity contribution in [2.75, 3.05) is 37.6 Å². The molecule has 156 valence electrons. The maximum absolute atomic E-state index is 14.2. The van der Waals surface area contributed by atoms with E-state index in [1.54, 1.807) is 23.5 Å². The number of aromatic nitrogens is 1. The highest BCUT2D eigenvalue weighted by molar-refractivity contribution is 7.13. The van der Waals surface area contributed by atoms with Crippen LogP contribution < -0.4 is 15.5 Å². The zero-order valence-corrected chi connectivity index (χ0v) is 17.9. The largest absolute Gasteiger partial charge is 0.357 e. The molecule has 1 aromatic heterocycles. The zero-order chi connectivity index (χ0) is 20.1. The van der Waals surface area contributed by atoms with Gasteiger partial charge >= 0.3 is 0 Å². The molecule has 1 saturated heterocycles. The minimum atomic E-state index is -0.132. The molecule has 0 atom stereocenters. The summed E-state index contributed by atoms with van der Waals surface area (Å²) in [6, 6.07) is 7.11. The predicted octanol–water partition coefficient (Wildman–Crippen LogP) is 3.71. The molecule has 0 unspecified atom stereocenters. The summed E-state index contributed by atoms with van der Waals surface area (Å²) in [5.41, 5.74) is 1.80. The average Bonchev–Trinajstić information content (AvgIpc) is 3.11. The number of thiazole rings is 1. The van der Waals surface area contributed by atoms with Crippen LogP contribution in [0.4, 0.5) is 9.52 Å². The topological polar surface area (TPSA) is 52.6 Å². The molecule has 4 rings (SSSR count). The van der Waals surface area contributed by atoms with Crippen LogP contribution in [0.1, 0.15) is 43.9 Å². The number of halogens is 1. The second-order valence-electron chi connectivity index (χ2n) is 7.95. The number of guanidine groups is 1. The quantitative estimate of drug-likeness (QED) is 0.510. The molecule has 0 bridgehead atoms. The van der Waals surface area contributed by atoms with Gasteiger partial charge in [-0.1, -0.05) is 18.2 Å². The molecule has 2 fully saturated rings. The number of hydrogen-bond donors (Lipinski definition) is 2. The van der Waals surface area contributed by atoms with Crippen molar-refractivity contribution in [2.24, 2.45) is 4.99 Å². The SMILES string of the molecule is CCNC(=NCC1(c2ccccc2F)CC1)NCCc1csc(N2CCCC2)n1. The Bertz CT molecular complexity index is 839. The molecule has 29 heavy (non-hydrogen) atoms. The van der Waals surface area contributed by atoms with Gasteiger partial charge < -0.3 is 15.5 Å². The van der Waals surface area contributed by atoms with Gasteiger partial charge in [-0.15, -0.1) is 11.3 Å². The minimum Gasteiger partial charge on any atom is -0.357 e. The number of hydrogen-bond acceptors (Lipinski definition) is 4. The van der Waals surface area contributed by atoms with Gasteiger partial charge in [0.25, 0.3) is 0 Å². The first-order valence-electron chi connectivity index (χ1n) is 10.7. The zero-order valence-electron chi connectivity index (χ0n) is 17.1. The van der Waals surface area contributed by atoms with Crippen molar-refractivity contribution in [1.82, 2.24) is 15.6 Å². The van der Waals surface area contributed by atoms with Gasteiger partial charge in [-0.2, -0.15) is 0 Å². The maximum atomic E-state index is 14.2. The molecule has 2 aliphatic rings. The average molecular weight is 416 g/mol. The molecule has 0 spiro atoms. The summed E-state index contributed by atoms with van der Waals surface area (Å²) < 4.78 is 14.2. The lowest BCUT2D eigenvalue weighted by atomic mass is 9.95. The molecule has 1 saturated carbocycles. The first-order valence-corrected chi connectivity index (χ1v) is 11.5. The Labute approximate surface area is 176 Å². The number of nitrogens with one attached hydrogen (secondary N) is 2. The van der Waals surface area contributed by atoms with Crippen molar-refractivity contribution < 1.29 is 4.39 Å². The van der Waals surface area contributed by atoms with E-state index in [1.165, 1.54) is 12.8 Å². The summed E-state index contributed by atoms with van der Waals surface area (Å²) in [5, 5.41) is 10.0. The van der Waals surface area contributed by atoms with Crippen molar-refractivity contribution >= 4 is 22.4 Å². The van der Waals surface area contributed by atoms with Crippen molar-refractivity contribution in [3.63, 3.8) is 0 Å². The van der Waals surface area contributed by atoms with Gasteiger partial charge in [-0.3, -0.25) is 4.99 Å². The Morgan fingerprint density at radius 3 is 2.76 bits per heavy atom. The van der Waals surface area contributed by atoms with E-state index in [1.807, 2.05) is 12.1 Å². The van der Waals surface area contributed by atoms with Crippen LogP contribution >= 0.6 is 11.3 Å². The van der Waals surface area contributed by atoms with E-state index in [-0.39, 0.29) is 11.2 Å². The van der Waals surface area contributed by atoms with E-state index in [4.69, 9.17) is 9.98 Å². The molecule has 5 nitrogen and oxygen atoms in total. The van der Waals surface area contributed by atoms with Gasteiger partial charge in [-0.05, 0) is 44.2 Å². The predicted molar refractivity (Wildman–Crippen MR) is 119 cm³/mol. The Balaban J connectivity index is 1.32. The van der Waals surface area contributed by atoms with Gasteiger partial charge in [0.15, 0.2) is 11.1 Å². The van der Waals surface area contributed by atoms with Crippen LogP contribution in [0.25, 0.3) is 0 Å². The van der Waals surface area contributed by atoms with Crippen LogP contribution in [0.2, 0.25) is 0 Å². The molecule has 2 N–H and O–H groups in total. The Morgan fingerprint density at radius 1 is 1.24 bits per heavy atom. The summed E-state index contributed by atoms with van der Waals surface area (Å²) in [6.07, 6.45) is 5.40. The number of benzene rings is 1. The van der Waals surface area contributed by atoms with Gasteiger partial charge in [0, 0.05) is 43.4 Å². The van der Waals surface area contributed by atoms with E-state index < -0.39 is 0 Å². The first kappa shape index (κ1) is 20.1. The Kier molecular flexibility index (Phi) is 6.33. The minimum absolute atomic E-state index is 0.115. The molecule has 1 aromatic carbocycles. The van der Waals surface area contributed by atoms with Crippen molar-refractivity contribution in [3.05, 3.63) is 46.7 Å². The summed E-state index contributed by atoms with van der Waals surface area (Å²) in [7, 11) is 0. The molecular weight excluding hydrogens is 385 g/mol. The van der Waals surface area contributed by atoms with Gasteiger partial charge in [-0.25, -0.2) is 9.37 Å². The van der Waals surface area contributed by atoms with E-state index in [9.17, 15) is 4.39 Å². The molecular formula is C22H30FN5S. The van der Waals surface area contributed by atoms with Crippen molar-refractivity contribution in [1.29, 1.82) is 0 Å². The fourth-order valence-electron chi connectivity index (χ4n) is 3.90. The highest BCUT2D eigenvalue weighted by Gasteiger charge is 2.45. The summed E-state index contributed by atoms with van der Waals surface area (Å²) in [6.45, 7) is 6.51. The molecule has 2 heterocycles. The van der Waals surface area contributed by atoms with Gasteiger partial charge in [0.1, 0.15) is 5.82 Å². The second kappa shape index (κ2) is 9.11. The molecule has 2 aromatic rings. The first-order chi connectivity index (χ1) is 14.2. The number of anilines is 1. The lowest BCUT2D eigenvalue weighted by Gasteiger charge is -2.16.